The van der Waals surface area contributed by atoms with E-state index in [1.807, 2.05) is 39.2 Å². The number of aromatic nitrogens is 1. The molecule has 0 aromatic carbocycles. The quantitative estimate of drug-likeness (QED) is 0.662. The van der Waals surface area contributed by atoms with Crippen molar-refractivity contribution in [2.24, 2.45) is 7.05 Å². The first-order valence-electron chi connectivity index (χ1n) is 6.25. The Kier molecular flexibility index (Phi) is 2.39. The van der Waals surface area contributed by atoms with Gasteiger partial charge < -0.3 is 4.90 Å². The summed E-state index contributed by atoms with van der Waals surface area (Å²) in [4.78, 5) is 17.7. The largest absolute Gasteiger partial charge is 0.353 e. The minimum Gasteiger partial charge on any atom is -0.353 e. The number of nitrogens with zero attached hydrogens (tertiary/aromatic N) is 3. The number of rotatable bonds is 0. The second-order valence-corrected chi connectivity index (χ2v) is 5.16. The Bertz CT molecular complexity index is 718. The highest BCUT2D eigenvalue weighted by atomic mass is 16.1. The molecular formula is C15H15N3O. The minimum atomic E-state index is 0.0441. The average molecular weight is 253 g/mol. The van der Waals surface area contributed by atoms with Crippen LogP contribution in [0.25, 0.3) is 4.85 Å². The summed E-state index contributed by atoms with van der Waals surface area (Å²) in [6.45, 7) is 8.98. The molecule has 0 N–H and O–H groups in total. The van der Waals surface area contributed by atoms with Crippen LogP contribution in [0.15, 0.2) is 34.8 Å². The van der Waals surface area contributed by atoms with Gasteiger partial charge in [0.15, 0.2) is 5.70 Å². The Morgan fingerprint density at radius 1 is 1.37 bits per heavy atom. The van der Waals surface area contributed by atoms with Crippen LogP contribution in [0.4, 0.5) is 5.82 Å². The Morgan fingerprint density at radius 2 is 2.11 bits per heavy atom. The molecule has 3 rings (SSSR count). The Morgan fingerprint density at radius 3 is 2.79 bits per heavy atom. The van der Waals surface area contributed by atoms with E-state index in [1.165, 1.54) is 0 Å². The fraction of sp³-hybridized carbons (Fsp3) is 0.333. The summed E-state index contributed by atoms with van der Waals surface area (Å²) < 4.78 is 1.71. The van der Waals surface area contributed by atoms with E-state index < -0.39 is 0 Å². The van der Waals surface area contributed by atoms with E-state index in [4.69, 9.17) is 6.57 Å². The molecule has 0 saturated carbocycles. The van der Waals surface area contributed by atoms with Crippen LogP contribution in [-0.4, -0.2) is 17.7 Å². The van der Waals surface area contributed by atoms with Crippen molar-refractivity contribution in [3.8, 4) is 0 Å². The van der Waals surface area contributed by atoms with Gasteiger partial charge in [0, 0.05) is 31.1 Å². The Hall–Kier alpha value is -2.28. The molecular weight excluding hydrogens is 238 g/mol. The van der Waals surface area contributed by atoms with Crippen molar-refractivity contribution < 1.29 is 0 Å². The van der Waals surface area contributed by atoms with Crippen LogP contribution in [0.5, 0.6) is 0 Å². The van der Waals surface area contributed by atoms with E-state index in [0.717, 1.165) is 16.9 Å². The molecule has 0 radical (unpaired) electrons. The number of likely N-dealkylation sites (N-methyl/N-ethyl adjacent to an activating group) is 1. The Labute approximate surface area is 112 Å². The molecule has 96 valence electrons. The van der Waals surface area contributed by atoms with E-state index in [-0.39, 0.29) is 17.5 Å². The second kappa shape index (κ2) is 3.86. The third-order valence-electron chi connectivity index (χ3n) is 4.04. The number of fused-ring (bicyclic) bond motifs is 3. The molecule has 19 heavy (non-hydrogen) atoms. The zero-order chi connectivity index (χ0) is 13.7. The molecule has 1 aliphatic carbocycles. The summed E-state index contributed by atoms with van der Waals surface area (Å²) in [6, 6.07) is 2.17. The van der Waals surface area contributed by atoms with Crippen molar-refractivity contribution >= 4 is 5.82 Å². The third kappa shape index (κ3) is 1.48. The second-order valence-electron chi connectivity index (χ2n) is 5.16. The van der Waals surface area contributed by atoms with Crippen molar-refractivity contribution in [3.63, 3.8) is 0 Å². The highest BCUT2D eigenvalue weighted by Crippen LogP contribution is 2.43. The monoisotopic (exact) mass is 253 g/mol. The molecule has 1 aromatic heterocycles. The summed E-state index contributed by atoms with van der Waals surface area (Å²) >= 11 is 0. The predicted octanol–water partition coefficient (Wildman–Crippen LogP) is 1.97. The lowest BCUT2D eigenvalue weighted by atomic mass is 9.90. The smallest absolute Gasteiger partial charge is 0.254 e. The maximum Gasteiger partial charge on any atom is 0.254 e. The number of hydrogen-bond donors (Lipinski definition) is 0. The van der Waals surface area contributed by atoms with Gasteiger partial charge in [0.1, 0.15) is 5.82 Å². The molecule has 0 fully saturated rings. The number of aryl methyl sites for hydroxylation is 1. The van der Waals surface area contributed by atoms with E-state index in [0.29, 0.717) is 5.70 Å². The van der Waals surface area contributed by atoms with Gasteiger partial charge in [-0.1, -0.05) is 18.2 Å². The minimum absolute atomic E-state index is 0.0441. The number of allylic oxidation sites excluding steroid dienone is 1. The fourth-order valence-corrected chi connectivity index (χ4v) is 3.11. The van der Waals surface area contributed by atoms with Gasteiger partial charge in [0.2, 0.25) is 0 Å². The summed E-state index contributed by atoms with van der Waals surface area (Å²) in [6.07, 6.45) is 5.92. The van der Waals surface area contributed by atoms with Crippen molar-refractivity contribution in [1.29, 1.82) is 0 Å². The first-order valence-corrected chi connectivity index (χ1v) is 6.25. The molecule has 2 atom stereocenters. The summed E-state index contributed by atoms with van der Waals surface area (Å²) in [5.74, 6) is 1.12. The lowest BCUT2D eigenvalue weighted by Gasteiger charge is -2.25. The van der Waals surface area contributed by atoms with Crippen LogP contribution in [0.1, 0.15) is 17.0 Å². The molecule has 0 amide bonds. The lowest BCUT2D eigenvalue weighted by molar-refractivity contribution is 0.709. The van der Waals surface area contributed by atoms with E-state index in [1.54, 1.807) is 4.57 Å². The summed E-state index contributed by atoms with van der Waals surface area (Å²) in [5, 5.41) is 0. The van der Waals surface area contributed by atoms with E-state index in [9.17, 15) is 4.79 Å². The molecule has 4 nitrogen and oxygen atoms in total. The van der Waals surface area contributed by atoms with Crippen LogP contribution < -0.4 is 10.5 Å². The highest BCUT2D eigenvalue weighted by molar-refractivity contribution is 5.63. The van der Waals surface area contributed by atoms with Crippen LogP contribution in [-0.2, 0) is 7.05 Å². The zero-order valence-corrected chi connectivity index (χ0v) is 11.2. The number of pyridine rings is 1. The predicted molar refractivity (Wildman–Crippen MR) is 75.2 cm³/mol. The highest BCUT2D eigenvalue weighted by Gasteiger charge is 2.37. The van der Waals surface area contributed by atoms with Crippen LogP contribution in [0.2, 0.25) is 0 Å². The normalized spacial score (nSPS) is 23.7. The Balaban J connectivity index is 2.26. The summed E-state index contributed by atoms with van der Waals surface area (Å²) in [5.41, 5.74) is 2.61. The molecule has 0 bridgehead atoms. The molecule has 4 heteroatoms. The van der Waals surface area contributed by atoms with Crippen molar-refractivity contribution in [1.82, 2.24) is 4.57 Å². The SMILES string of the molecule is [C-]#[N+]C1=CC2c3cc(C)c(=O)n(C)c3N(C)C2C=C1. The van der Waals surface area contributed by atoms with Gasteiger partial charge in [0.25, 0.3) is 5.56 Å². The van der Waals surface area contributed by atoms with E-state index >= 15 is 0 Å². The van der Waals surface area contributed by atoms with Crippen molar-refractivity contribution in [2.75, 3.05) is 11.9 Å². The first kappa shape index (κ1) is 11.8. The zero-order valence-electron chi connectivity index (χ0n) is 11.2. The third-order valence-corrected chi connectivity index (χ3v) is 4.04. The van der Waals surface area contributed by atoms with Gasteiger partial charge in [0.05, 0.1) is 12.6 Å². The van der Waals surface area contributed by atoms with Crippen LogP contribution in [0.3, 0.4) is 0 Å². The maximum atomic E-state index is 12.1. The van der Waals surface area contributed by atoms with Gasteiger partial charge >= 0.3 is 0 Å². The van der Waals surface area contributed by atoms with Crippen LogP contribution >= 0.6 is 0 Å². The lowest BCUT2D eigenvalue weighted by Crippen LogP contribution is -2.32. The topological polar surface area (TPSA) is 29.6 Å². The van der Waals surface area contributed by atoms with Crippen LogP contribution in [0, 0.1) is 13.5 Å². The molecule has 0 saturated heterocycles. The number of hydrogen-bond acceptors (Lipinski definition) is 2. The fourth-order valence-electron chi connectivity index (χ4n) is 3.11. The van der Waals surface area contributed by atoms with Gasteiger partial charge in [-0.15, -0.1) is 0 Å². The summed E-state index contributed by atoms with van der Waals surface area (Å²) in [7, 11) is 3.81. The standard InChI is InChI=1S/C15H15N3O/c1-9-7-12-11-8-10(16-2)5-6-13(11)17(3)14(12)18(4)15(9)19/h5-8,11,13H,1,3-4H3. The van der Waals surface area contributed by atoms with Gasteiger partial charge in [-0.3, -0.25) is 9.36 Å². The van der Waals surface area contributed by atoms with Gasteiger partial charge in [-0.25, -0.2) is 4.85 Å². The molecule has 1 aliphatic heterocycles. The molecule has 2 heterocycles. The average Bonchev–Trinajstić information content (AvgIpc) is 2.69. The number of anilines is 1. The maximum absolute atomic E-state index is 12.1. The molecule has 1 aromatic rings. The molecule has 2 aliphatic rings. The molecule has 0 spiro atoms. The molecule has 2 unspecified atom stereocenters. The van der Waals surface area contributed by atoms with Crippen molar-refractivity contribution in [3.05, 3.63) is 62.9 Å². The van der Waals surface area contributed by atoms with Gasteiger partial charge in [-0.05, 0) is 13.0 Å². The first-order chi connectivity index (χ1) is 9.04. The van der Waals surface area contributed by atoms with Gasteiger partial charge in [-0.2, -0.15) is 0 Å². The van der Waals surface area contributed by atoms with E-state index in [2.05, 4.69) is 15.8 Å². The van der Waals surface area contributed by atoms with Crippen molar-refractivity contribution in [2.45, 2.75) is 18.9 Å².